The fourth-order valence-corrected chi connectivity index (χ4v) is 4.89. The van der Waals surface area contributed by atoms with Gasteiger partial charge in [0.2, 0.25) is 5.78 Å². The average molecular weight is 430 g/mol. The number of quaternary nitrogens is 2. The molecule has 32 heavy (non-hydrogen) atoms. The number of rotatable bonds is 6. The van der Waals surface area contributed by atoms with Crippen molar-refractivity contribution in [1.82, 2.24) is 4.90 Å². The summed E-state index contributed by atoms with van der Waals surface area (Å²) >= 11 is 0. The van der Waals surface area contributed by atoms with Gasteiger partial charge in [-0.15, -0.1) is 0 Å². The summed E-state index contributed by atoms with van der Waals surface area (Å²) in [7, 11) is 0. The highest BCUT2D eigenvalue weighted by molar-refractivity contribution is 6.25. The van der Waals surface area contributed by atoms with Crippen LogP contribution in [0.3, 0.4) is 0 Å². The van der Waals surface area contributed by atoms with E-state index in [1.54, 1.807) is 0 Å². The van der Waals surface area contributed by atoms with E-state index in [4.69, 9.17) is 0 Å². The molecular weight excluding hydrogens is 402 g/mol. The number of carbonyl (C=O) groups is 3. The molecule has 6 heteroatoms. The van der Waals surface area contributed by atoms with Crippen LogP contribution in [0.15, 0.2) is 66.7 Å². The lowest BCUT2D eigenvalue weighted by atomic mass is 9.94. The van der Waals surface area contributed by atoms with E-state index in [9.17, 15) is 14.4 Å². The van der Waals surface area contributed by atoms with Crippen LogP contribution < -0.4 is 9.80 Å². The van der Waals surface area contributed by atoms with E-state index in [-0.39, 0.29) is 17.6 Å². The lowest BCUT2D eigenvalue weighted by molar-refractivity contribution is -1.01. The lowest BCUT2D eigenvalue weighted by Gasteiger charge is -2.32. The van der Waals surface area contributed by atoms with Crippen molar-refractivity contribution in [2.75, 3.05) is 45.8 Å². The first-order valence-corrected chi connectivity index (χ1v) is 11.2. The molecule has 1 fully saturated rings. The standard InChI is InChI=1S/C26H25N3O3/c30-23(19-6-2-1-3-7-19)18-28-14-12-27(13-15-28)16-17-29-25(31)21-10-4-8-20-9-5-11-22(24(20)21)26(29)32/h1-11H,12-18H2/p+2. The van der Waals surface area contributed by atoms with E-state index in [2.05, 4.69) is 0 Å². The molecule has 2 amide bonds. The maximum Gasteiger partial charge on any atom is 0.261 e. The predicted molar refractivity (Wildman–Crippen MR) is 121 cm³/mol. The van der Waals surface area contributed by atoms with Crippen LogP contribution in [0.25, 0.3) is 10.8 Å². The number of nitrogens with zero attached hydrogens (tertiary/aromatic N) is 1. The van der Waals surface area contributed by atoms with Gasteiger partial charge in [-0.25, -0.2) is 0 Å². The van der Waals surface area contributed by atoms with Crippen molar-refractivity contribution < 1.29 is 24.2 Å². The molecule has 2 aliphatic rings. The Morgan fingerprint density at radius 2 is 1.34 bits per heavy atom. The molecule has 0 aliphatic carbocycles. The van der Waals surface area contributed by atoms with Crippen LogP contribution in [0.5, 0.6) is 0 Å². The summed E-state index contributed by atoms with van der Waals surface area (Å²) in [6, 6.07) is 20.7. The number of ketones is 1. The third kappa shape index (κ3) is 3.83. The number of hydrogen-bond acceptors (Lipinski definition) is 3. The zero-order valence-corrected chi connectivity index (χ0v) is 18.0. The van der Waals surface area contributed by atoms with Gasteiger partial charge in [0.1, 0.15) is 32.7 Å². The first-order chi connectivity index (χ1) is 15.6. The Hall–Kier alpha value is -3.35. The summed E-state index contributed by atoms with van der Waals surface area (Å²) < 4.78 is 0. The van der Waals surface area contributed by atoms with Crippen LogP contribution >= 0.6 is 0 Å². The van der Waals surface area contributed by atoms with Crippen LogP contribution in [0, 0.1) is 0 Å². The van der Waals surface area contributed by atoms with E-state index in [1.165, 1.54) is 14.7 Å². The van der Waals surface area contributed by atoms with Crippen molar-refractivity contribution in [3.8, 4) is 0 Å². The summed E-state index contributed by atoms with van der Waals surface area (Å²) in [5.41, 5.74) is 2.00. The largest absolute Gasteiger partial charge is 0.324 e. The molecule has 1 saturated heterocycles. The normalized spacial score (nSPS) is 20.6. The Labute approximate surface area is 187 Å². The maximum absolute atomic E-state index is 13.0. The molecule has 0 bridgehead atoms. The Morgan fingerprint density at radius 3 is 1.97 bits per heavy atom. The van der Waals surface area contributed by atoms with Crippen molar-refractivity contribution >= 4 is 28.4 Å². The van der Waals surface area contributed by atoms with Gasteiger partial charge in [-0.05, 0) is 17.5 Å². The van der Waals surface area contributed by atoms with Gasteiger partial charge in [0.15, 0.2) is 0 Å². The summed E-state index contributed by atoms with van der Waals surface area (Å²) in [6.07, 6.45) is 0. The van der Waals surface area contributed by atoms with Gasteiger partial charge < -0.3 is 9.80 Å². The second-order valence-electron chi connectivity index (χ2n) is 8.69. The van der Waals surface area contributed by atoms with Gasteiger partial charge in [-0.3, -0.25) is 19.3 Å². The van der Waals surface area contributed by atoms with Gasteiger partial charge in [0.25, 0.3) is 11.8 Å². The van der Waals surface area contributed by atoms with Gasteiger partial charge in [-0.2, -0.15) is 0 Å². The van der Waals surface area contributed by atoms with E-state index in [0.29, 0.717) is 24.2 Å². The fraction of sp³-hybridized carbons (Fsp3) is 0.269. The van der Waals surface area contributed by atoms with Gasteiger partial charge in [-0.1, -0.05) is 54.6 Å². The minimum absolute atomic E-state index is 0.182. The van der Waals surface area contributed by atoms with Crippen LogP contribution in [-0.4, -0.2) is 68.3 Å². The van der Waals surface area contributed by atoms with Crippen LogP contribution in [0.2, 0.25) is 0 Å². The van der Waals surface area contributed by atoms with E-state index in [1.807, 2.05) is 66.7 Å². The zero-order valence-electron chi connectivity index (χ0n) is 18.0. The van der Waals surface area contributed by atoms with Crippen molar-refractivity contribution in [1.29, 1.82) is 0 Å². The topological polar surface area (TPSA) is 63.3 Å². The first-order valence-electron chi connectivity index (χ1n) is 11.2. The number of piperazine rings is 1. The number of imide groups is 1. The van der Waals surface area contributed by atoms with Gasteiger partial charge in [0.05, 0.1) is 13.1 Å². The van der Waals surface area contributed by atoms with Crippen molar-refractivity contribution in [2.24, 2.45) is 0 Å². The second-order valence-corrected chi connectivity index (χ2v) is 8.69. The predicted octanol–water partition coefficient (Wildman–Crippen LogP) is 0.102. The molecule has 3 aromatic carbocycles. The highest BCUT2D eigenvalue weighted by Gasteiger charge is 2.34. The van der Waals surface area contributed by atoms with Crippen LogP contribution in [0.1, 0.15) is 31.1 Å². The first kappa shape index (κ1) is 20.5. The highest BCUT2D eigenvalue weighted by Crippen LogP contribution is 2.29. The summed E-state index contributed by atoms with van der Waals surface area (Å²) in [5, 5.41) is 1.70. The Morgan fingerprint density at radius 1 is 0.750 bits per heavy atom. The van der Waals surface area contributed by atoms with E-state index >= 15 is 0 Å². The number of nitrogens with one attached hydrogen (secondary N) is 2. The fourth-order valence-electron chi connectivity index (χ4n) is 4.89. The molecule has 0 spiro atoms. The summed E-state index contributed by atoms with van der Waals surface area (Å²) in [4.78, 5) is 42.6. The van der Waals surface area contributed by atoms with Crippen LogP contribution in [0.4, 0.5) is 0 Å². The minimum Gasteiger partial charge on any atom is -0.324 e. The van der Waals surface area contributed by atoms with Crippen molar-refractivity contribution in [3.63, 3.8) is 0 Å². The van der Waals surface area contributed by atoms with Gasteiger partial charge >= 0.3 is 0 Å². The summed E-state index contributed by atoms with van der Waals surface area (Å²) in [5.74, 6) is -0.214. The molecule has 3 aromatic rings. The molecule has 162 valence electrons. The molecular formula is C26H27N3O3+2. The van der Waals surface area contributed by atoms with Gasteiger partial charge in [0, 0.05) is 22.1 Å². The molecule has 2 heterocycles. The number of hydrogen-bond donors (Lipinski definition) is 2. The quantitative estimate of drug-likeness (QED) is 0.432. The smallest absolute Gasteiger partial charge is 0.261 e. The van der Waals surface area contributed by atoms with E-state index < -0.39 is 0 Å². The van der Waals surface area contributed by atoms with Crippen molar-refractivity contribution in [3.05, 3.63) is 83.4 Å². The minimum atomic E-state index is -0.198. The van der Waals surface area contributed by atoms with Crippen molar-refractivity contribution in [2.45, 2.75) is 0 Å². The highest BCUT2D eigenvalue weighted by atomic mass is 16.2. The molecule has 2 aliphatic heterocycles. The molecule has 0 aromatic heterocycles. The molecule has 0 saturated carbocycles. The summed E-state index contributed by atoms with van der Waals surface area (Å²) in [6.45, 7) is 5.35. The molecule has 2 N–H and O–H groups in total. The number of carbonyl (C=O) groups excluding carboxylic acids is 3. The lowest BCUT2D eigenvalue weighted by Crippen LogP contribution is -3.28. The zero-order chi connectivity index (χ0) is 22.1. The maximum atomic E-state index is 13.0. The molecule has 0 radical (unpaired) electrons. The Bertz CT molecular complexity index is 1130. The monoisotopic (exact) mass is 429 g/mol. The molecule has 0 unspecified atom stereocenters. The Balaban J connectivity index is 1.18. The molecule has 6 nitrogen and oxygen atoms in total. The van der Waals surface area contributed by atoms with Crippen LogP contribution in [-0.2, 0) is 0 Å². The molecule has 0 atom stereocenters. The second kappa shape index (κ2) is 8.65. The SMILES string of the molecule is O=C(C[NH+]1CC[NH+](CCN2C(=O)c3cccc4cccc(c34)C2=O)CC1)c1ccccc1. The number of amides is 2. The average Bonchev–Trinajstić information content (AvgIpc) is 2.84. The van der Waals surface area contributed by atoms with E-state index in [0.717, 1.165) is 49.1 Å². The Kier molecular flexibility index (Phi) is 5.55. The third-order valence-electron chi connectivity index (χ3n) is 6.72. The number of benzene rings is 3. The molecule has 5 rings (SSSR count). The number of Topliss-reactive ketones (excluding diaryl/α,β-unsaturated/α-hetero) is 1. The third-order valence-corrected chi connectivity index (χ3v) is 6.72.